The normalized spacial score (nSPS) is 10.8. The standard InChI is InChI=1S/C12H15N3O2/c1-5-15(4)12(16)9-6-7(2)13-11-10(9)8(3)14-17-11/h6H,5H2,1-4H3. The Kier molecular flexibility index (Phi) is 2.83. The van der Waals surface area contributed by atoms with Gasteiger partial charge in [0.15, 0.2) is 0 Å². The minimum absolute atomic E-state index is 0.0331. The molecule has 0 aliphatic rings. The number of aryl methyl sites for hydroxylation is 2. The number of nitrogens with zero attached hydrogens (tertiary/aromatic N) is 3. The zero-order valence-electron chi connectivity index (χ0n) is 10.4. The predicted octanol–water partition coefficient (Wildman–Crippen LogP) is 1.93. The lowest BCUT2D eigenvalue weighted by molar-refractivity contribution is 0.0804. The summed E-state index contributed by atoms with van der Waals surface area (Å²) in [6, 6.07) is 1.78. The molecule has 0 bridgehead atoms. The van der Waals surface area contributed by atoms with Crippen LogP contribution in [-0.4, -0.2) is 34.5 Å². The van der Waals surface area contributed by atoms with Gasteiger partial charge in [-0.05, 0) is 26.8 Å². The molecule has 17 heavy (non-hydrogen) atoms. The number of hydrogen-bond donors (Lipinski definition) is 0. The molecule has 5 heteroatoms. The topological polar surface area (TPSA) is 59.2 Å². The Hall–Kier alpha value is -1.91. The van der Waals surface area contributed by atoms with Crippen LogP contribution in [0.2, 0.25) is 0 Å². The SMILES string of the molecule is CCN(C)C(=O)c1cc(C)nc2onc(C)c12. The molecule has 2 aromatic rings. The molecule has 0 radical (unpaired) electrons. The van der Waals surface area contributed by atoms with Crippen molar-refractivity contribution in [1.29, 1.82) is 0 Å². The predicted molar refractivity (Wildman–Crippen MR) is 63.9 cm³/mol. The van der Waals surface area contributed by atoms with Gasteiger partial charge in [-0.3, -0.25) is 4.79 Å². The maximum Gasteiger partial charge on any atom is 0.258 e. The van der Waals surface area contributed by atoms with Crippen LogP contribution in [-0.2, 0) is 0 Å². The smallest absolute Gasteiger partial charge is 0.258 e. The van der Waals surface area contributed by atoms with Crippen LogP contribution in [0.4, 0.5) is 0 Å². The molecule has 2 heterocycles. The van der Waals surface area contributed by atoms with Gasteiger partial charge in [-0.1, -0.05) is 5.16 Å². The van der Waals surface area contributed by atoms with Crippen LogP contribution in [0.1, 0.15) is 28.7 Å². The van der Waals surface area contributed by atoms with Gasteiger partial charge in [0.1, 0.15) is 0 Å². The van der Waals surface area contributed by atoms with E-state index in [1.807, 2.05) is 20.8 Å². The summed E-state index contributed by atoms with van der Waals surface area (Å²) in [5.41, 5.74) is 2.48. The third kappa shape index (κ3) is 1.88. The van der Waals surface area contributed by atoms with Crippen LogP contribution >= 0.6 is 0 Å². The zero-order valence-corrected chi connectivity index (χ0v) is 10.4. The second-order valence-corrected chi connectivity index (χ2v) is 4.08. The monoisotopic (exact) mass is 233 g/mol. The number of fused-ring (bicyclic) bond motifs is 1. The molecule has 0 spiro atoms. The highest BCUT2D eigenvalue weighted by atomic mass is 16.5. The lowest BCUT2D eigenvalue weighted by Crippen LogP contribution is -2.26. The van der Waals surface area contributed by atoms with E-state index in [-0.39, 0.29) is 5.91 Å². The molecular formula is C12H15N3O2. The average molecular weight is 233 g/mol. The fourth-order valence-corrected chi connectivity index (χ4v) is 1.74. The first-order valence-electron chi connectivity index (χ1n) is 5.53. The van der Waals surface area contributed by atoms with Gasteiger partial charge in [-0.25, -0.2) is 4.98 Å². The van der Waals surface area contributed by atoms with Gasteiger partial charge in [0.05, 0.1) is 16.6 Å². The zero-order chi connectivity index (χ0) is 12.6. The van der Waals surface area contributed by atoms with Gasteiger partial charge in [-0.15, -0.1) is 0 Å². The van der Waals surface area contributed by atoms with Crippen LogP contribution in [0.15, 0.2) is 10.6 Å². The van der Waals surface area contributed by atoms with Crippen LogP contribution in [0.3, 0.4) is 0 Å². The Bertz CT molecular complexity index is 574. The molecule has 0 aliphatic heterocycles. The van der Waals surface area contributed by atoms with E-state index in [0.717, 1.165) is 5.69 Å². The molecule has 1 amide bonds. The van der Waals surface area contributed by atoms with Crippen molar-refractivity contribution in [3.63, 3.8) is 0 Å². The minimum Gasteiger partial charge on any atom is -0.342 e. The maximum absolute atomic E-state index is 12.2. The van der Waals surface area contributed by atoms with Crippen molar-refractivity contribution >= 4 is 17.0 Å². The van der Waals surface area contributed by atoms with Crippen molar-refractivity contribution in [2.24, 2.45) is 0 Å². The third-order valence-corrected chi connectivity index (χ3v) is 2.80. The molecule has 0 fully saturated rings. The van der Waals surface area contributed by atoms with Gasteiger partial charge in [0.2, 0.25) is 0 Å². The quantitative estimate of drug-likeness (QED) is 0.795. The van der Waals surface area contributed by atoms with Crippen molar-refractivity contribution in [3.8, 4) is 0 Å². The van der Waals surface area contributed by atoms with Crippen LogP contribution in [0.5, 0.6) is 0 Å². The number of carbonyl (C=O) groups excluding carboxylic acids is 1. The summed E-state index contributed by atoms with van der Waals surface area (Å²) in [4.78, 5) is 18.1. The van der Waals surface area contributed by atoms with E-state index in [2.05, 4.69) is 10.1 Å². The van der Waals surface area contributed by atoms with Crippen molar-refractivity contribution in [2.75, 3.05) is 13.6 Å². The first-order valence-corrected chi connectivity index (χ1v) is 5.53. The summed E-state index contributed by atoms with van der Waals surface area (Å²) in [5.74, 6) is -0.0331. The van der Waals surface area contributed by atoms with Crippen LogP contribution in [0, 0.1) is 13.8 Å². The van der Waals surface area contributed by atoms with E-state index < -0.39 is 0 Å². The first kappa shape index (κ1) is 11.6. The Labute approximate surface area is 99.4 Å². The molecule has 0 saturated heterocycles. The van der Waals surface area contributed by atoms with Crippen LogP contribution in [0.25, 0.3) is 11.1 Å². The largest absolute Gasteiger partial charge is 0.342 e. The Morgan fingerprint density at radius 3 is 2.82 bits per heavy atom. The van der Waals surface area contributed by atoms with E-state index >= 15 is 0 Å². The third-order valence-electron chi connectivity index (χ3n) is 2.80. The van der Waals surface area contributed by atoms with E-state index in [9.17, 15) is 4.79 Å². The molecule has 0 unspecified atom stereocenters. The number of pyridine rings is 1. The van der Waals surface area contributed by atoms with Crippen molar-refractivity contribution < 1.29 is 9.32 Å². The minimum atomic E-state index is -0.0331. The maximum atomic E-state index is 12.2. The Balaban J connectivity index is 2.67. The molecule has 5 nitrogen and oxygen atoms in total. The fourth-order valence-electron chi connectivity index (χ4n) is 1.74. The number of amides is 1. The lowest BCUT2D eigenvalue weighted by atomic mass is 10.1. The summed E-state index contributed by atoms with van der Waals surface area (Å²) in [7, 11) is 1.77. The average Bonchev–Trinajstić information content (AvgIpc) is 2.68. The first-order chi connectivity index (χ1) is 8.04. The highest BCUT2D eigenvalue weighted by Gasteiger charge is 2.19. The summed E-state index contributed by atoms with van der Waals surface area (Å²) in [6.45, 7) is 6.24. The molecule has 0 atom stereocenters. The second kappa shape index (κ2) is 4.16. The summed E-state index contributed by atoms with van der Waals surface area (Å²) in [6.07, 6.45) is 0. The fraction of sp³-hybridized carbons (Fsp3) is 0.417. The highest BCUT2D eigenvalue weighted by molar-refractivity contribution is 6.05. The molecule has 0 aliphatic carbocycles. The number of rotatable bonds is 2. The molecule has 90 valence electrons. The lowest BCUT2D eigenvalue weighted by Gasteiger charge is -2.15. The summed E-state index contributed by atoms with van der Waals surface area (Å²) in [5, 5.41) is 4.57. The van der Waals surface area contributed by atoms with Crippen molar-refractivity contribution in [3.05, 3.63) is 23.0 Å². The molecule has 2 aromatic heterocycles. The second-order valence-electron chi connectivity index (χ2n) is 4.08. The number of aromatic nitrogens is 2. The van der Waals surface area contributed by atoms with Gasteiger partial charge in [0.25, 0.3) is 11.6 Å². The van der Waals surface area contributed by atoms with Crippen molar-refractivity contribution in [2.45, 2.75) is 20.8 Å². The van der Waals surface area contributed by atoms with E-state index in [4.69, 9.17) is 4.52 Å². The van der Waals surface area contributed by atoms with Gasteiger partial charge < -0.3 is 9.42 Å². The Morgan fingerprint density at radius 1 is 1.47 bits per heavy atom. The summed E-state index contributed by atoms with van der Waals surface area (Å²) < 4.78 is 5.10. The van der Waals surface area contributed by atoms with E-state index in [1.165, 1.54) is 0 Å². The number of hydrogen-bond acceptors (Lipinski definition) is 4. The van der Waals surface area contributed by atoms with Gasteiger partial charge >= 0.3 is 0 Å². The summed E-state index contributed by atoms with van der Waals surface area (Å²) >= 11 is 0. The van der Waals surface area contributed by atoms with Gasteiger partial charge in [0, 0.05) is 19.3 Å². The highest BCUT2D eigenvalue weighted by Crippen LogP contribution is 2.22. The van der Waals surface area contributed by atoms with Gasteiger partial charge in [-0.2, -0.15) is 0 Å². The molecule has 0 N–H and O–H groups in total. The van der Waals surface area contributed by atoms with E-state index in [0.29, 0.717) is 28.9 Å². The molecule has 0 saturated carbocycles. The molecule has 0 aromatic carbocycles. The number of carbonyl (C=O) groups is 1. The Morgan fingerprint density at radius 2 is 2.18 bits per heavy atom. The van der Waals surface area contributed by atoms with E-state index in [1.54, 1.807) is 18.0 Å². The molecule has 2 rings (SSSR count). The van der Waals surface area contributed by atoms with Crippen molar-refractivity contribution in [1.82, 2.24) is 15.0 Å². The van der Waals surface area contributed by atoms with Crippen LogP contribution < -0.4 is 0 Å². The molecular weight excluding hydrogens is 218 g/mol.